The van der Waals surface area contributed by atoms with Crippen LogP contribution in [0.2, 0.25) is 0 Å². The van der Waals surface area contributed by atoms with Crippen LogP contribution in [0.4, 0.5) is 0 Å². The van der Waals surface area contributed by atoms with E-state index in [4.69, 9.17) is 27.7 Å². The van der Waals surface area contributed by atoms with Crippen molar-refractivity contribution in [2.75, 3.05) is 0 Å². The molecule has 0 spiro atoms. The van der Waals surface area contributed by atoms with Crippen molar-refractivity contribution in [3.8, 4) is 33.4 Å². The monoisotopic (exact) mass is 572 g/mol. The predicted octanol–water partition coefficient (Wildman–Crippen LogP) is 12.0. The Balaban J connectivity index is 1.55. The van der Waals surface area contributed by atoms with Crippen molar-refractivity contribution in [2.24, 2.45) is 0 Å². The first-order chi connectivity index (χ1) is 32.2. The van der Waals surface area contributed by atoms with Crippen LogP contribution < -0.4 is 0 Å². The molecule has 0 aliphatic rings. The Morgan fingerprint density at radius 2 is 0.860 bits per heavy atom. The van der Waals surface area contributed by atoms with Crippen molar-refractivity contribution >= 4 is 54.3 Å². The van der Waals surface area contributed by atoms with Gasteiger partial charge in [0.05, 0.1) is 35.6 Å². The van der Waals surface area contributed by atoms with Gasteiger partial charge in [0.15, 0.2) is 0 Å². The summed E-state index contributed by atoms with van der Waals surface area (Å²) < 4.78 is 237. The molecular formula is C42H26O. The van der Waals surface area contributed by atoms with Gasteiger partial charge in [-0.3, -0.25) is 0 Å². The second-order valence-corrected chi connectivity index (χ2v) is 9.26. The third-order valence-corrected chi connectivity index (χ3v) is 7.01. The van der Waals surface area contributed by atoms with Gasteiger partial charge < -0.3 is 4.42 Å². The largest absolute Gasteiger partial charge is 0.456 e. The van der Waals surface area contributed by atoms with Crippen LogP contribution in [0.5, 0.6) is 0 Å². The Bertz CT molecular complexity index is 3830. The van der Waals surface area contributed by atoms with Gasteiger partial charge in [-0.15, -0.1) is 0 Å². The van der Waals surface area contributed by atoms with Crippen molar-refractivity contribution < 1.29 is 40.1 Å². The molecule has 0 unspecified atom stereocenters. The first-order valence-corrected chi connectivity index (χ1v) is 12.7. The van der Waals surface area contributed by atoms with E-state index in [0.29, 0.717) is 0 Å². The molecule has 1 nitrogen and oxygen atoms in total. The van der Waals surface area contributed by atoms with E-state index in [-0.39, 0.29) is 0 Å². The van der Waals surface area contributed by atoms with Crippen LogP contribution in [0.25, 0.3) is 87.6 Å². The predicted molar refractivity (Wildman–Crippen MR) is 183 cm³/mol. The van der Waals surface area contributed by atoms with Gasteiger partial charge in [0.1, 0.15) is 11.2 Å². The van der Waals surface area contributed by atoms with Crippen molar-refractivity contribution in [2.45, 2.75) is 0 Å². The smallest absolute Gasteiger partial charge is 0.136 e. The fourth-order valence-corrected chi connectivity index (χ4v) is 5.26. The Morgan fingerprint density at radius 3 is 1.51 bits per heavy atom. The molecule has 0 atom stereocenters. The lowest BCUT2D eigenvalue weighted by Crippen LogP contribution is -1.90. The van der Waals surface area contributed by atoms with E-state index in [0.717, 1.165) is 0 Å². The Labute approximate surface area is 285 Å². The highest BCUT2D eigenvalue weighted by Gasteiger charge is 2.18. The lowest BCUT2D eigenvalue weighted by molar-refractivity contribution is 0.669. The maximum atomic E-state index is 9.60. The van der Waals surface area contributed by atoms with Crippen molar-refractivity contribution in [3.05, 3.63) is 157 Å². The molecule has 1 heteroatoms. The molecule has 9 aromatic rings. The lowest BCUT2D eigenvalue weighted by atomic mass is 9.85. The van der Waals surface area contributed by atoms with Crippen molar-refractivity contribution in [3.63, 3.8) is 0 Å². The summed E-state index contributed by atoms with van der Waals surface area (Å²) >= 11 is 0. The molecule has 0 fully saturated rings. The van der Waals surface area contributed by atoms with Gasteiger partial charge in [-0.25, -0.2) is 0 Å². The molecule has 0 bridgehead atoms. The van der Waals surface area contributed by atoms with Crippen LogP contribution in [-0.4, -0.2) is 0 Å². The summed E-state index contributed by atoms with van der Waals surface area (Å²) in [5, 5.41) is -4.55. The molecule has 0 aliphatic carbocycles. The molecule has 1 heterocycles. The molecule has 0 aliphatic heterocycles. The van der Waals surface area contributed by atoms with Gasteiger partial charge in [0, 0.05) is 10.8 Å². The first-order valence-electron chi connectivity index (χ1n) is 25.7. The summed E-state index contributed by atoms with van der Waals surface area (Å²) in [6.45, 7) is 0. The van der Waals surface area contributed by atoms with E-state index < -0.39 is 245 Å². The Kier molecular flexibility index (Phi) is 2.13. The van der Waals surface area contributed by atoms with Crippen LogP contribution in [-0.2, 0) is 0 Å². The SMILES string of the molecule is [2H]c1c([2H])c([2H])c(-c2c3c([2H])c([2H])c([2H])c([2H])c3c(-c3c([2H])c([2H])c(-c4c([2H])c([2H])c([2H])c5oc6c([2H])c([2H])c7c([2H])c([2H])c([2H])c([2H])c7c6c45)c([2H])c3[2H])c3c([2H])c([2H])c([2H])c([2H])c23)c([2H])c1[2H]. The topological polar surface area (TPSA) is 13.1 Å². The molecular weight excluding hydrogens is 520 g/mol. The molecule has 0 N–H and O–H groups in total. The Hall–Kier alpha value is -5.66. The zero-order chi connectivity index (χ0) is 51.0. The summed E-state index contributed by atoms with van der Waals surface area (Å²) in [4.78, 5) is 0. The highest BCUT2D eigenvalue weighted by Crippen LogP contribution is 2.45. The van der Waals surface area contributed by atoms with Gasteiger partial charge in [-0.2, -0.15) is 0 Å². The third-order valence-electron chi connectivity index (χ3n) is 7.01. The number of hydrogen-bond donors (Lipinski definition) is 0. The van der Waals surface area contributed by atoms with E-state index >= 15 is 0 Å². The second-order valence-electron chi connectivity index (χ2n) is 9.26. The molecule has 0 amide bonds. The molecule has 0 saturated heterocycles. The zero-order valence-corrected chi connectivity index (χ0v) is 21.4. The highest BCUT2D eigenvalue weighted by atomic mass is 16.3. The summed E-state index contributed by atoms with van der Waals surface area (Å²) in [5.74, 6) is 0. The summed E-state index contributed by atoms with van der Waals surface area (Å²) in [6.07, 6.45) is 0. The normalized spacial score (nSPS) is 20.2. The van der Waals surface area contributed by atoms with Crippen molar-refractivity contribution in [1.29, 1.82) is 0 Å². The molecule has 200 valence electrons. The average Bonchev–Trinajstić information content (AvgIpc) is 3.72. The number of hydrogen-bond acceptors (Lipinski definition) is 1. The van der Waals surface area contributed by atoms with Crippen LogP contribution in [0, 0.1) is 0 Å². The van der Waals surface area contributed by atoms with Gasteiger partial charge in [-0.1, -0.05) is 145 Å². The highest BCUT2D eigenvalue weighted by molar-refractivity contribution is 6.23. The van der Waals surface area contributed by atoms with Gasteiger partial charge in [-0.05, 0) is 77.8 Å². The van der Waals surface area contributed by atoms with Crippen molar-refractivity contribution in [1.82, 2.24) is 0 Å². The Morgan fingerprint density at radius 1 is 0.349 bits per heavy atom. The van der Waals surface area contributed by atoms with E-state index in [1.165, 1.54) is 0 Å². The average molecular weight is 573 g/mol. The van der Waals surface area contributed by atoms with Crippen LogP contribution in [0.3, 0.4) is 0 Å². The minimum atomic E-state index is -1.08. The summed E-state index contributed by atoms with van der Waals surface area (Å²) in [5.41, 5.74) is -5.55. The van der Waals surface area contributed by atoms with E-state index in [1.807, 2.05) is 0 Å². The zero-order valence-electron chi connectivity index (χ0n) is 47.4. The summed E-state index contributed by atoms with van der Waals surface area (Å²) in [7, 11) is 0. The van der Waals surface area contributed by atoms with Crippen LogP contribution >= 0.6 is 0 Å². The lowest BCUT2D eigenvalue weighted by Gasteiger charge is -2.18. The quantitative estimate of drug-likeness (QED) is 0.192. The first kappa shape index (κ1) is 9.69. The van der Waals surface area contributed by atoms with E-state index in [2.05, 4.69) is 0 Å². The molecule has 9 rings (SSSR count). The maximum absolute atomic E-state index is 9.60. The molecule has 1 aromatic heterocycles. The number of rotatable bonds is 3. The number of benzene rings is 8. The van der Waals surface area contributed by atoms with Gasteiger partial charge >= 0.3 is 0 Å². The number of fused-ring (bicyclic) bond motifs is 7. The minimum Gasteiger partial charge on any atom is -0.456 e. The molecule has 8 aromatic carbocycles. The van der Waals surface area contributed by atoms with E-state index in [9.17, 15) is 12.3 Å². The molecule has 0 saturated carbocycles. The summed E-state index contributed by atoms with van der Waals surface area (Å²) in [6, 6.07) is -23.6. The fraction of sp³-hybridized carbons (Fsp3) is 0. The number of furan rings is 1. The minimum absolute atomic E-state index is 0.391. The van der Waals surface area contributed by atoms with Crippen LogP contribution in [0.15, 0.2) is 162 Å². The second kappa shape index (κ2) is 9.44. The van der Waals surface area contributed by atoms with Crippen LogP contribution in [0.1, 0.15) is 35.6 Å². The maximum Gasteiger partial charge on any atom is 0.136 e. The molecule has 43 heavy (non-hydrogen) atoms. The van der Waals surface area contributed by atoms with Gasteiger partial charge in [0.2, 0.25) is 0 Å². The third kappa shape index (κ3) is 3.65. The standard InChI is InChI=1S/C42H26O/c1-2-12-29(13-3-1)39-33-15-6-8-17-35(33)40(36-18-9-7-16-34(36)39)30-23-21-28(22-24-30)32-19-10-20-37-41(32)42-31-14-5-4-11-27(31)25-26-38(42)43-37/h1-26H/i1D,2D,3D,4D,5D,6D,7D,8D,9D,10D,11D,12D,13D,14D,15D,16D,17D,18D,19D,20D,21D,22D,23D,24D,25D,26D. The fourth-order valence-electron chi connectivity index (χ4n) is 5.26. The van der Waals surface area contributed by atoms with Gasteiger partial charge in [0.25, 0.3) is 0 Å². The van der Waals surface area contributed by atoms with E-state index in [1.54, 1.807) is 0 Å². The molecule has 0 radical (unpaired) electrons.